The van der Waals surface area contributed by atoms with Crippen LogP contribution in [0.5, 0.6) is 0 Å². The van der Waals surface area contributed by atoms with Crippen LogP contribution in [0.4, 0.5) is 11.6 Å². The first-order chi connectivity index (χ1) is 9.46. The van der Waals surface area contributed by atoms with E-state index in [1.807, 2.05) is 0 Å². The van der Waals surface area contributed by atoms with Crippen LogP contribution in [0.1, 0.15) is 64.8 Å². The molecular formula is C16H30N4. The molecule has 1 rings (SSSR count). The molecule has 0 amide bonds. The molecule has 1 heterocycles. The third-order valence-corrected chi connectivity index (χ3v) is 3.82. The molecule has 0 aliphatic heterocycles. The van der Waals surface area contributed by atoms with Gasteiger partial charge in [0, 0.05) is 31.1 Å². The second kappa shape index (κ2) is 7.46. The van der Waals surface area contributed by atoms with Gasteiger partial charge in [0.25, 0.3) is 0 Å². The van der Waals surface area contributed by atoms with Crippen LogP contribution in [-0.4, -0.2) is 29.6 Å². The zero-order valence-electron chi connectivity index (χ0n) is 14.1. The van der Waals surface area contributed by atoms with E-state index < -0.39 is 0 Å². The Kier molecular flexibility index (Phi) is 6.24. The standard InChI is InChI=1S/C16H30N4/c1-8-13(9-2)20(7)16-12(6)15(17-10-3)18-14(19-16)11(4)5/h11,13H,8-10H2,1-7H3,(H,17,18,19). The normalized spacial score (nSPS) is 11.2. The molecule has 4 nitrogen and oxygen atoms in total. The number of rotatable bonds is 7. The van der Waals surface area contributed by atoms with Crippen molar-refractivity contribution in [2.45, 2.75) is 66.3 Å². The summed E-state index contributed by atoms with van der Waals surface area (Å²) in [4.78, 5) is 11.8. The summed E-state index contributed by atoms with van der Waals surface area (Å²) in [5.41, 5.74) is 1.14. The van der Waals surface area contributed by atoms with Crippen LogP contribution in [-0.2, 0) is 0 Å². The Labute approximate surface area is 124 Å². The molecule has 0 aliphatic rings. The van der Waals surface area contributed by atoms with E-state index in [2.05, 4.69) is 63.8 Å². The number of aromatic nitrogens is 2. The third kappa shape index (κ3) is 3.62. The lowest BCUT2D eigenvalue weighted by molar-refractivity contribution is 0.582. The van der Waals surface area contributed by atoms with Crippen LogP contribution in [0, 0.1) is 6.92 Å². The van der Waals surface area contributed by atoms with E-state index in [1.54, 1.807) is 0 Å². The highest BCUT2D eigenvalue weighted by atomic mass is 15.2. The van der Waals surface area contributed by atoms with Gasteiger partial charge in [0.1, 0.15) is 17.5 Å². The molecule has 0 atom stereocenters. The van der Waals surface area contributed by atoms with Gasteiger partial charge in [-0.1, -0.05) is 27.7 Å². The Balaban J connectivity index is 3.28. The molecule has 0 saturated heterocycles. The number of hydrogen-bond donors (Lipinski definition) is 1. The van der Waals surface area contributed by atoms with Crippen LogP contribution >= 0.6 is 0 Å². The maximum Gasteiger partial charge on any atom is 0.137 e. The van der Waals surface area contributed by atoms with Crippen molar-refractivity contribution in [3.63, 3.8) is 0 Å². The van der Waals surface area contributed by atoms with Crippen LogP contribution < -0.4 is 10.2 Å². The fourth-order valence-corrected chi connectivity index (χ4v) is 2.47. The lowest BCUT2D eigenvalue weighted by Crippen LogP contribution is -2.32. The molecule has 0 aliphatic carbocycles. The summed E-state index contributed by atoms with van der Waals surface area (Å²) in [6, 6.07) is 0.526. The predicted molar refractivity (Wildman–Crippen MR) is 87.8 cm³/mol. The van der Waals surface area contributed by atoms with E-state index in [-0.39, 0.29) is 0 Å². The minimum atomic E-state index is 0.335. The zero-order valence-corrected chi connectivity index (χ0v) is 14.1. The molecular weight excluding hydrogens is 248 g/mol. The Morgan fingerprint density at radius 2 is 1.70 bits per heavy atom. The summed E-state index contributed by atoms with van der Waals surface area (Å²) in [5.74, 6) is 3.29. The summed E-state index contributed by atoms with van der Waals surface area (Å²) >= 11 is 0. The molecule has 1 aromatic rings. The van der Waals surface area contributed by atoms with Crippen molar-refractivity contribution in [1.82, 2.24) is 9.97 Å². The summed E-state index contributed by atoms with van der Waals surface area (Å²) < 4.78 is 0. The monoisotopic (exact) mass is 278 g/mol. The van der Waals surface area contributed by atoms with Crippen LogP contribution in [0.25, 0.3) is 0 Å². The second-order valence-corrected chi connectivity index (χ2v) is 5.65. The molecule has 0 bridgehead atoms. The SMILES string of the molecule is CCNc1nc(C(C)C)nc(N(C)C(CC)CC)c1C. The van der Waals surface area contributed by atoms with E-state index >= 15 is 0 Å². The second-order valence-electron chi connectivity index (χ2n) is 5.65. The minimum absolute atomic E-state index is 0.335. The van der Waals surface area contributed by atoms with Crippen molar-refractivity contribution in [1.29, 1.82) is 0 Å². The minimum Gasteiger partial charge on any atom is -0.370 e. The number of nitrogens with one attached hydrogen (secondary N) is 1. The van der Waals surface area contributed by atoms with Crippen molar-refractivity contribution in [3.8, 4) is 0 Å². The molecule has 0 saturated carbocycles. The van der Waals surface area contributed by atoms with Crippen molar-refractivity contribution < 1.29 is 0 Å². The van der Waals surface area contributed by atoms with E-state index in [4.69, 9.17) is 4.98 Å². The van der Waals surface area contributed by atoms with Gasteiger partial charge in [0.05, 0.1) is 0 Å². The number of nitrogens with zero attached hydrogens (tertiary/aromatic N) is 3. The maximum atomic E-state index is 4.81. The highest BCUT2D eigenvalue weighted by Gasteiger charge is 2.19. The molecule has 0 spiro atoms. The topological polar surface area (TPSA) is 41.1 Å². The van der Waals surface area contributed by atoms with E-state index in [1.165, 1.54) is 0 Å². The van der Waals surface area contributed by atoms with Gasteiger partial charge in [-0.25, -0.2) is 9.97 Å². The Bertz CT molecular complexity index is 425. The van der Waals surface area contributed by atoms with E-state index in [0.29, 0.717) is 12.0 Å². The van der Waals surface area contributed by atoms with Crippen molar-refractivity contribution in [3.05, 3.63) is 11.4 Å². The number of anilines is 2. The van der Waals surface area contributed by atoms with Crippen molar-refractivity contribution in [2.75, 3.05) is 23.8 Å². The largest absolute Gasteiger partial charge is 0.370 e. The van der Waals surface area contributed by atoms with Crippen LogP contribution in [0.15, 0.2) is 0 Å². The third-order valence-electron chi connectivity index (χ3n) is 3.82. The molecule has 114 valence electrons. The molecule has 1 N–H and O–H groups in total. The van der Waals surface area contributed by atoms with Gasteiger partial charge in [-0.05, 0) is 26.7 Å². The Morgan fingerprint density at radius 1 is 1.10 bits per heavy atom. The fraction of sp³-hybridized carbons (Fsp3) is 0.750. The Hall–Kier alpha value is -1.32. The molecule has 0 radical (unpaired) electrons. The smallest absolute Gasteiger partial charge is 0.137 e. The quantitative estimate of drug-likeness (QED) is 0.819. The van der Waals surface area contributed by atoms with Gasteiger partial charge in [0.15, 0.2) is 0 Å². The first-order valence-corrected chi connectivity index (χ1v) is 7.81. The molecule has 0 unspecified atom stereocenters. The molecule has 20 heavy (non-hydrogen) atoms. The zero-order chi connectivity index (χ0) is 15.3. The summed E-state index contributed by atoms with van der Waals surface area (Å²) in [6.45, 7) is 13.8. The molecule has 0 aromatic carbocycles. The van der Waals surface area contributed by atoms with Gasteiger partial charge in [-0.15, -0.1) is 0 Å². The van der Waals surface area contributed by atoms with Gasteiger partial charge in [-0.2, -0.15) is 0 Å². The first-order valence-electron chi connectivity index (χ1n) is 7.81. The van der Waals surface area contributed by atoms with Gasteiger partial charge < -0.3 is 10.2 Å². The highest BCUT2D eigenvalue weighted by molar-refractivity contribution is 5.59. The summed E-state index contributed by atoms with van der Waals surface area (Å²) in [6.07, 6.45) is 2.26. The van der Waals surface area contributed by atoms with Crippen molar-refractivity contribution in [2.24, 2.45) is 0 Å². The molecule has 4 heteroatoms. The van der Waals surface area contributed by atoms with Gasteiger partial charge in [0.2, 0.25) is 0 Å². The fourth-order valence-electron chi connectivity index (χ4n) is 2.47. The predicted octanol–water partition coefficient (Wildman–Crippen LogP) is 3.97. The molecule has 0 fully saturated rings. The average Bonchev–Trinajstić information content (AvgIpc) is 2.42. The van der Waals surface area contributed by atoms with Crippen molar-refractivity contribution >= 4 is 11.6 Å². The average molecular weight is 278 g/mol. The van der Waals surface area contributed by atoms with Gasteiger partial charge in [-0.3, -0.25) is 0 Å². The van der Waals surface area contributed by atoms with E-state index in [9.17, 15) is 0 Å². The van der Waals surface area contributed by atoms with Gasteiger partial charge >= 0.3 is 0 Å². The Morgan fingerprint density at radius 3 is 2.15 bits per heavy atom. The van der Waals surface area contributed by atoms with Crippen LogP contribution in [0.3, 0.4) is 0 Å². The maximum absolute atomic E-state index is 4.81. The number of hydrogen-bond acceptors (Lipinski definition) is 4. The van der Waals surface area contributed by atoms with Crippen LogP contribution in [0.2, 0.25) is 0 Å². The first kappa shape index (κ1) is 16.7. The summed E-state index contributed by atoms with van der Waals surface area (Å²) in [5, 5.41) is 3.36. The molecule has 1 aromatic heterocycles. The van der Waals surface area contributed by atoms with E-state index in [0.717, 1.165) is 42.4 Å². The lowest BCUT2D eigenvalue weighted by atomic mass is 10.1. The summed E-state index contributed by atoms with van der Waals surface area (Å²) in [7, 11) is 2.15. The lowest BCUT2D eigenvalue weighted by Gasteiger charge is -2.30. The highest BCUT2D eigenvalue weighted by Crippen LogP contribution is 2.27.